The summed E-state index contributed by atoms with van der Waals surface area (Å²) in [7, 11) is 0. The van der Waals surface area contributed by atoms with Crippen molar-refractivity contribution < 1.29 is 9.53 Å². The van der Waals surface area contributed by atoms with Crippen LogP contribution in [0.15, 0.2) is 0 Å². The van der Waals surface area contributed by atoms with E-state index in [9.17, 15) is 4.79 Å². The molecule has 2 heterocycles. The fourth-order valence-corrected chi connectivity index (χ4v) is 3.54. The van der Waals surface area contributed by atoms with Crippen LogP contribution in [0.2, 0.25) is 0 Å². The Morgan fingerprint density at radius 3 is 2.52 bits per heavy atom. The fourth-order valence-electron chi connectivity index (χ4n) is 3.25. The first-order chi connectivity index (χ1) is 10.1. The lowest BCUT2D eigenvalue weighted by molar-refractivity contribution is -0.132. The van der Waals surface area contributed by atoms with Gasteiger partial charge in [-0.1, -0.05) is 19.1 Å². The third kappa shape index (κ3) is 3.93. The molecule has 3 N–H and O–H groups in total. The van der Waals surface area contributed by atoms with Crippen molar-refractivity contribution in [3.8, 4) is 0 Å². The third-order valence-electron chi connectivity index (χ3n) is 4.72. The highest BCUT2D eigenvalue weighted by atomic mass is 32.1. The Kier molecular flexibility index (Phi) is 5.96. The number of amides is 1. The summed E-state index contributed by atoms with van der Waals surface area (Å²) in [4.78, 5) is 15.5. The van der Waals surface area contributed by atoms with Gasteiger partial charge in [0.15, 0.2) is 0 Å². The Bertz CT molecular complexity index is 375. The first kappa shape index (κ1) is 16.6. The van der Waals surface area contributed by atoms with E-state index in [4.69, 9.17) is 22.7 Å². The lowest BCUT2D eigenvalue weighted by atomic mass is 9.79. The molecule has 0 unspecified atom stereocenters. The number of nitrogens with one attached hydrogen (secondary N) is 1. The number of ether oxygens (including phenoxy) is 1. The number of carbonyl (C=O) groups excluding carboxylic acids is 1. The van der Waals surface area contributed by atoms with Gasteiger partial charge in [-0.05, 0) is 38.6 Å². The SMILES string of the molecule is CCCN1CCC(NC(=O)C2(C(N)=S)CCOCC2)CC1. The number of hydrogen-bond acceptors (Lipinski definition) is 4. The number of nitrogens with zero attached hydrogens (tertiary/aromatic N) is 1. The molecule has 0 bridgehead atoms. The van der Waals surface area contributed by atoms with E-state index in [0.29, 0.717) is 31.0 Å². The van der Waals surface area contributed by atoms with E-state index in [1.165, 1.54) is 6.42 Å². The maximum absolute atomic E-state index is 12.7. The van der Waals surface area contributed by atoms with Gasteiger partial charge < -0.3 is 20.7 Å². The highest BCUT2D eigenvalue weighted by molar-refractivity contribution is 7.80. The summed E-state index contributed by atoms with van der Waals surface area (Å²) in [6.45, 7) is 6.57. The number of hydrogen-bond donors (Lipinski definition) is 2. The standard InChI is InChI=1S/C15H27N3O2S/c1-2-7-18-8-3-12(4-9-18)17-14(19)15(13(16)21)5-10-20-11-6-15/h12H,2-11H2,1H3,(H2,16,21)(H,17,19). The molecule has 0 radical (unpaired) electrons. The van der Waals surface area contributed by atoms with Crippen LogP contribution in [0, 0.1) is 5.41 Å². The molecule has 120 valence electrons. The lowest BCUT2D eigenvalue weighted by Gasteiger charge is -2.38. The van der Waals surface area contributed by atoms with Gasteiger partial charge in [0.05, 0.1) is 4.99 Å². The lowest BCUT2D eigenvalue weighted by Crippen LogP contribution is -2.55. The molecule has 2 aliphatic heterocycles. The summed E-state index contributed by atoms with van der Waals surface area (Å²) in [5.41, 5.74) is 5.18. The number of thiocarbonyl (C=S) groups is 1. The summed E-state index contributed by atoms with van der Waals surface area (Å²) in [6.07, 6.45) is 4.40. The van der Waals surface area contributed by atoms with E-state index >= 15 is 0 Å². The topological polar surface area (TPSA) is 67.6 Å². The summed E-state index contributed by atoms with van der Waals surface area (Å²) < 4.78 is 5.35. The molecule has 2 aliphatic rings. The third-order valence-corrected chi connectivity index (χ3v) is 5.11. The molecular weight excluding hydrogens is 286 g/mol. The van der Waals surface area contributed by atoms with Crippen LogP contribution in [0.4, 0.5) is 0 Å². The fraction of sp³-hybridized carbons (Fsp3) is 0.867. The molecule has 2 saturated heterocycles. The van der Waals surface area contributed by atoms with E-state index in [-0.39, 0.29) is 11.9 Å². The van der Waals surface area contributed by atoms with Gasteiger partial charge in [-0.3, -0.25) is 4.79 Å². The minimum Gasteiger partial charge on any atom is -0.392 e. The van der Waals surface area contributed by atoms with E-state index in [1.54, 1.807) is 0 Å². The van der Waals surface area contributed by atoms with Gasteiger partial charge in [-0.15, -0.1) is 0 Å². The monoisotopic (exact) mass is 313 g/mol. The van der Waals surface area contributed by atoms with Crippen LogP contribution in [0.25, 0.3) is 0 Å². The number of carbonyl (C=O) groups is 1. The molecule has 0 aromatic rings. The van der Waals surface area contributed by atoms with Crippen molar-refractivity contribution in [3.05, 3.63) is 0 Å². The molecule has 0 aliphatic carbocycles. The van der Waals surface area contributed by atoms with Gasteiger partial charge >= 0.3 is 0 Å². The second-order valence-corrected chi connectivity index (χ2v) is 6.59. The number of nitrogens with two attached hydrogens (primary N) is 1. The Labute approximate surface area is 132 Å². The molecule has 6 heteroatoms. The van der Waals surface area contributed by atoms with Crippen LogP contribution in [0.5, 0.6) is 0 Å². The molecule has 1 amide bonds. The maximum atomic E-state index is 12.7. The van der Waals surface area contributed by atoms with Gasteiger partial charge in [-0.25, -0.2) is 0 Å². The summed E-state index contributed by atoms with van der Waals surface area (Å²) in [5.74, 6) is 0.00671. The predicted molar refractivity (Wildman–Crippen MR) is 87.2 cm³/mol. The van der Waals surface area contributed by atoms with E-state index in [1.807, 2.05) is 0 Å². The predicted octanol–water partition coefficient (Wildman–Crippen LogP) is 1.06. The average molecular weight is 313 g/mol. The van der Waals surface area contributed by atoms with Crippen LogP contribution in [0.3, 0.4) is 0 Å². The summed E-state index contributed by atoms with van der Waals surface area (Å²) in [5, 5.41) is 3.18. The highest BCUT2D eigenvalue weighted by Crippen LogP contribution is 2.31. The molecule has 0 atom stereocenters. The van der Waals surface area contributed by atoms with E-state index in [2.05, 4.69) is 17.1 Å². The van der Waals surface area contributed by atoms with Crippen LogP contribution in [0.1, 0.15) is 39.0 Å². The van der Waals surface area contributed by atoms with Gasteiger partial charge in [0.2, 0.25) is 5.91 Å². The second kappa shape index (κ2) is 7.51. The average Bonchev–Trinajstić information content (AvgIpc) is 2.50. The molecule has 0 spiro atoms. The summed E-state index contributed by atoms with van der Waals surface area (Å²) in [6, 6.07) is 0.250. The Hall–Kier alpha value is -0.720. The molecule has 2 rings (SSSR count). The minimum absolute atomic E-state index is 0.00671. The number of rotatable bonds is 5. The van der Waals surface area contributed by atoms with Crippen LogP contribution in [-0.2, 0) is 9.53 Å². The van der Waals surface area contributed by atoms with Crippen molar-refractivity contribution in [2.24, 2.45) is 11.1 Å². The molecule has 0 saturated carbocycles. The smallest absolute Gasteiger partial charge is 0.233 e. The Morgan fingerprint density at radius 2 is 2.00 bits per heavy atom. The number of piperidine rings is 1. The van der Waals surface area contributed by atoms with Crippen molar-refractivity contribution in [1.29, 1.82) is 0 Å². The molecule has 0 aromatic heterocycles. The van der Waals surface area contributed by atoms with Gasteiger partial charge in [0, 0.05) is 32.3 Å². The van der Waals surface area contributed by atoms with Gasteiger partial charge in [0.1, 0.15) is 5.41 Å². The van der Waals surface area contributed by atoms with Crippen molar-refractivity contribution in [2.45, 2.75) is 45.1 Å². The van der Waals surface area contributed by atoms with Crippen molar-refractivity contribution in [3.63, 3.8) is 0 Å². The van der Waals surface area contributed by atoms with Crippen molar-refractivity contribution in [1.82, 2.24) is 10.2 Å². The zero-order valence-corrected chi connectivity index (χ0v) is 13.7. The Balaban J connectivity index is 1.90. The maximum Gasteiger partial charge on any atom is 0.233 e. The zero-order chi connectivity index (χ0) is 15.3. The zero-order valence-electron chi connectivity index (χ0n) is 12.9. The normalized spacial score (nSPS) is 23.7. The van der Waals surface area contributed by atoms with Gasteiger partial charge in [-0.2, -0.15) is 0 Å². The largest absolute Gasteiger partial charge is 0.392 e. The van der Waals surface area contributed by atoms with Crippen molar-refractivity contribution >= 4 is 23.1 Å². The highest BCUT2D eigenvalue weighted by Gasteiger charge is 2.43. The van der Waals surface area contributed by atoms with Crippen LogP contribution >= 0.6 is 12.2 Å². The molecule has 2 fully saturated rings. The first-order valence-corrected chi connectivity index (χ1v) is 8.40. The summed E-state index contributed by atoms with van der Waals surface area (Å²) >= 11 is 5.18. The van der Waals surface area contributed by atoms with Gasteiger partial charge in [0.25, 0.3) is 0 Å². The quantitative estimate of drug-likeness (QED) is 0.743. The molecule has 5 nitrogen and oxygen atoms in total. The van der Waals surface area contributed by atoms with E-state index < -0.39 is 5.41 Å². The minimum atomic E-state index is -0.700. The van der Waals surface area contributed by atoms with Crippen LogP contribution in [-0.4, -0.2) is 54.7 Å². The molecule has 0 aromatic carbocycles. The second-order valence-electron chi connectivity index (χ2n) is 6.15. The Morgan fingerprint density at radius 1 is 1.38 bits per heavy atom. The first-order valence-electron chi connectivity index (χ1n) is 7.99. The van der Waals surface area contributed by atoms with Crippen molar-refractivity contribution in [2.75, 3.05) is 32.8 Å². The molecule has 21 heavy (non-hydrogen) atoms. The van der Waals surface area contributed by atoms with E-state index in [0.717, 1.165) is 32.5 Å². The number of likely N-dealkylation sites (tertiary alicyclic amines) is 1. The van der Waals surface area contributed by atoms with Crippen LogP contribution < -0.4 is 11.1 Å². The molecular formula is C15H27N3O2S.